The summed E-state index contributed by atoms with van der Waals surface area (Å²) in [6.07, 6.45) is 0.481. The summed E-state index contributed by atoms with van der Waals surface area (Å²) in [5.74, 6) is 1.27. The molecule has 0 aliphatic heterocycles. The van der Waals surface area contributed by atoms with Gasteiger partial charge in [0.25, 0.3) is 0 Å². The van der Waals surface area contributed by atoms with E-state index in [4.69, 9.17) is 0 Å². The first-order valence-electron chi connectivity index (χ1n) is 7.55. The summed E-state index contributed by atoms with van der Waals surface area (Å²) in [6, 6.07) is 17.1. The van der Waals surface area contributed by atoms with Crippen LogP contribution in [0.15, 0.2) is 59.5 Å². The van der Waals surface area contributed by atoms with Crippen molar-refractivity contribution in [2.45, 2.75) is 30.4 Å². The van der Waals surface area contributed by atoms with Crippen LogP contribution in [-0.4, -0.2) is 28.6 Å². The molecule has 0 spiro atoms. The van der Waals surface area contributed by atoms with Gasteiger partial charge in [0.1, 0.15) is 5.75 Å². The average Bonchev–Trinajstić information content (AvgIpc) is 2.55. The van der Waals surface area contributed by atoms with Crippen molar-refractivity contribution in [3.05, 3.63) is 60.2 Å². The zero-order valence-electron chi connectivity index (χ0n) is 12.8. The smallest absolute Gasteiger partial charge is 0.115 e. The summed E-state index contributed by atoms with van der Waals surface area (Å²) in [5.41, 5.74) is 0.816. The van der Waals surface area contributed by atoms with Crippen molar-refractivity contribution in [3.8, 4) is 5.75 Å². The molecule has 0 fully saturated rings. The van der Waals surface area contributed by atoms with E-state index in [-0.39, 0.29) is 11.8 Å². The number of phenolic OH excluding ortho intramolecular Hbond substituents is 1. The summed E-state index contributed by atoms with van der Waals surface area (Å²) in [5, 5.41) is 22.9. The molecule has 0 aromatic heterocycles. The highest BCUT2D eigenvalue weighted by molar-refractivity contribution is 7.99. The van der Waals surface area contributed by atoms with Gasteiger partial charge in [0.2, 0.25) is 0 Å². The minimum Gasteiger partial charge on any atom is -0.508 e. The Morgan fingerprint density at radius 2 is 1.73 bits per heavy atom. The molecule has 0 bridgehead atoms. The van der Waals surface area contributed by atoms with E-state index >= 15 is 0 Å². The monoisotopic (exact) mass is 317 g/mol. The first kappa shape index (κ1) is 16.9. The van der Waals surface area contributed by atoms with Gasteiger partial charge in [-0.2, -0.15) is 0 Å². The van der Waals surface area contributed by atoms with Crippen molar-refractivity contribution in [2.24, 2.45) is 0 Å². The molecule has 2 rings (SSSR count). The Morgan fingerprint density at radius 1 is 1.05 bits per heavy atom. The summed E-state index contributed by atoms with van der Waals surface area (Å²) in [7, 11) is 0. The van der Waals surface area contributed by atoms with Crippen LogP contribution in [0.4, 0.5) is 0 Å². The first-order chi connectivity index (χ1) is 10.7. The fraction of sp³-hybridized carbons (Fsp3) is 0.333. The molecule has 3 N–H and O–H groups in total. The number of hydrogen-bond donors (Lipinski definition) is 3. The maximum Gasteiger partial charge on any atom is 0.115 e. The van der Waals surface area contributed by atoms with Crippen molar-refractivity contribution in [2.75, 3.05) is 12.3 Å². The van der Waals surface area contributed by atoms with Gasteiger partial charge in [-0.25, -0.2) is 0 Å². The van der Waals surface area contributed by atoms with E-state index in [1.54, 1.807) is 24.3 Å². The predicted octanol–water partition coefficient (Wildman–Crippen LogP) is 3.59. The lowest BCUT2D eigenvalue weighted by atomic mass is 10.0. The van der Waals surface area contributed by atoms with E-state index in [2.05, 4.69) is 29.6 Å². The van der Waals surface area contributed by atoms with E-state index in [1.807, 2.05) is 24.8 Å². The van der Waals surface area contributed by atoms with Gasteiger partial charge in [-0.15, -0.1) is 11.8 Å². The average molecular weight is 317 g/mol. The number of benzene rings is 2. The van der Waals surface area contributed by atoms with E-state index in [9.17, 15) is 10.2 Å². The Labute approximate surface area is 136 Å². The fourth-order valence-corrected chi connectivity index (χ4v) is 3.05. The van der Waals surface area contributed by atoms with Gasteiger partial charge in [-0.1, -0.05) is 30.3 Å². The third-order valence-corrected chi connectivity index (χ3v) is 4.61. The number of rotatable bonds is 8. The van der Waals surface area contributed by atoms with Crippen molar-refractivity contribution in [1.29, 1.82) is 0 Å². The molecule has 0 heterocycles. The standard InChI is InChI=1S/C18H23NO2S/c1-14(18(21)15-8-10-16(20)11-9-15)19-12-5-13-22-17-6-3-2-4-7-17/h2-4,6-11,14,18-21H,5,12-13H2,1H3/t14-,18-/m1/s1. The molecule has 0 amide bonds. The topological polar surface area (TPSA) is 52.5 Å². The third kappa shape index (κ3) is 5.37. The molecule has 0 aliphatic carbocycles. The highest BCUT2D eigenvalue weighted by Crippen LogP contribution is 2.20. The number of thioether (sulfide) groups is 1. The van der Waals surface area contributed by atoms with Gasteiger partial charge in [-0.3, -0.25) is 0 Å². The molecule has 0 saturated heterocycles. The van der Waals surface area contributed by atoms with Gasteiger partial charge >= 0.3 is 0 Å². The Kier molecular flexibility index (Phi) is 6.77. The fourth-order valence-electron chi connectivity index (χ4n) is 2.18. The lowest BCUT2D eigenvalue weighted by Crippen LogP contribution is -2.33. The number of aliphatic hydroxyl groups is 1. The quantitative estimate of drug-likeness (QED) is 0.514. The van der Waals surface area contributed by atoms with E-state index in [0.717, 1.165) is 24.3 Å². The van der Waals surface area contributed by atoms with Crippen LogP contribution in [-0.2, 0) is 0 Å². The van der Waals surface area contributed by atoms with E-state index < -0.39 is 6.10 Å². The zero-order valence-corrected chi connectivity index (χ0v) is 13.6. The second-order valence-electron chi connectivity index (χ2n) is 5.29. The lowest BCUT2D eigenvalue weighted by molar-refractivity contribution is 0.136. The highest BCUT2D eigenvalue weighted by atomic mass is 32.2. The zero-order chi connectivity index (χ0) is 15.8. The maximum absolute atomic E-state index is 10.3. The molecule has 2 aromatic rings. The SMILES string of the molecule is C[C@@H](NCCCSc1ccccc1)[C@@H](O)c1ccc(O)cc1. The van der Waals surface area contributed by atoms with Crippen LogP contribution < -0.4 is 5.32 Å². The van der Waals surface area contributed by atoms with E-state index in [0.29, 0.717) is 0 Å². The third-order valence-electron chi connectivity index (χ3n) is 3.51. The number of hydrogen-bond acceptors (Lipinski definition) is 4. The van der Waals surface area contributed by atoms with Crippen LogP contribution in [0.5, 0.6) is 5.75 Å². The number of nitrogens with one attached hydrogen (secondary N) is 1. The maximum atomic E-state index is 10.3. The molecule has 4 heteroatoms. The van der Waals surface area contributed by atoms with Gasteiger partial charge in [0.15, 0.2) is 0 Å². The van der Waals surface area contributed by atoms with Gasteiger partial charge in [-0.05, 0) is 55.5 Å². The van der Waals surface area contributed by atoms with Crippen molar-refractivity contribution in [1.82, 2.24) is 5.32 Å². The van der Waals surface area contributed by atoms with Crippen LogP contribution in [0, 0.1) is 0 Å². The first-order valence-corrected chi connectivity index (χ1v) is 8.53. The molecule has 22 heavy (non-hydrogen) atoms. The summed E-state index contributed by atoms with van der Waals surface area (Å²) in [4.78, 5) is 1.29. The summed E-state index contributed by atoms with van der Waals surface area (Å²) >= 11 is 1.85. The number of phenols is 1. The molecule has 2 aromatic carbocycles. The summed E-state index contributed by atoms with van der Waals surface area (Å²) in [6.45, 7) is 2.85. The molecule has 0 radical (unpaired) electrons. The van der Waals surface area contributed by atoms with E-state index in [1.165, 1.54) is 4.90 Å². The number of aliphatic hydroxyl groups excluding tert-OH is 1. The number of aromatic hydroxyl groups is 1. The Morgan fingerprint density at radius 3 is 2.41 bits per heavy atom. The molecule has 2 atom stereocenters. The van der Waals surface area contributed by atoms with Crippen LogP contribution in [0.2, 0.25) is 0 Å². The highest BCUT2D eigenvalue weighted by Gasteiger charge is 2.15. The summed E-state index contributed by atoms with van der Waals surface area (Å²) < 4.78 is 0. The predicted molar refractivity (Wildman–Crippen MR) is 92.3 cm³/mol. The van der Waals surface area contributed by atoms with Crippen molar-refractivity contribution >= 4 is 11.8 Å². The second kappa shape index (κ2) is 8.83. The Balaban J connectivity index is 1.67. The largest absolute Gasteiger partial charge is 0.508 e. The van der Waals surface area contributed by atoms with Crippen LogP contribution in [0.3, 0.4) is 0 Å². The van der Waals surface area contributed by atoms with Crippen LogP contribution in [0.25, 0.3) is 0 Å². The van der Waals surface area contributed by atoms with Crippen molar-refractivity contribution < 1.29 is 10.2 Å². The second-order valence-corrected chi connectivity index (χ2v) is 6.46. The van der Waals surface area contributed by atoms with Gasteiger partial charge in [0, 0.05) is 10.9 Å². The minimum atomic E-state index is -0.567. The normalized spacial score (nSPS) is 13.7. The Bertz CT molecular complexity index is 545. The van der Waals surface area contributed by atoms with Crippen LogP contribution >= 0.6 is 11.8 Å². The lowest BCUT2D eigenvalue weighted by Gasteiger charge is -2.20. The van der Waals surface area contributed by atoms with Crippen molar-refractivity contribution in [3.63, 3.8) is 0 Å². The molecule has 0 saturated carbocycles. The molecule has 0 unspecified atom stereocenters. The molecule has 118 valence electrons. The molecule has 3 nitrogen and oxygen atoms in total. The van der Waals surface area contributed by atoms with Gasteiger partial charge < -0.3 is 15.5 Å². The minimum absolute atomic E-state index is 0.0220. The van der Waals surface area contributed by atoms with Crippen LogP contribution in [0.1, 0.15) is 25.0 Å². The molecular formula is C18H23NO2S. The molecular weight excluding hydrogens is 294 g/mol. The van der Waals surface area contributed by atoms with Gasteiger partial charge in [0.05, 0.1) is 6.10 Å². The molecule has 0 aliphatic rings. The Hall–Kier alpha value is -1.49.